The molecule has 7 N–H and O–H groups in total. The summed E-state index contributed by atoms with van der Waals surface area (Å²) >= 11 is 5.57. The highest BCUT2D eigenvalue weighted by atomic mass is 35.5. The first-order valence-electron chi connectivity index (χ1n) is 10.4. The maximum atomic E-state index is 11.5. The van der Waals surface area contributed by atoms with Crippen LogP contribution >= 0.6 is 11.6 Å². The lowest BCUT2D eigenvalue weighted by atomic mass is 10.1. The minimum absolute atomic E-state index is 0.0720. The summed E-state index contributed by atoms with van der Waals surface area (Å²) in [7, 11) is 1.88. The van der Waals surface area contributed by atoms with Gasteiger partial charge in [0.25, 0.3) is 0 Å². The third-order valence-corrected chi connectivity index (χ3v) is 5.34. The smallest absolute Gasteiger partial charge is 0.239 e. The number of pyridine rings is 1. The van der Waals surface area contributed by atoms with E-state index in [1.165, 1.54) is 0 Å². The first-order valence-corrected chi connectivity index (χ1v) is 10.9. The number of hydrogen-bond donors (Lipinski definition) is 7. The zero-order valence-electron chi connectivity index (χ0n) is 17.7. The number of anilines is 2. The van der Waals surface area contributed by atoms with Gasteiger partial charge in [0, 0.05) is 29.2 Å². The summed E-state index contributed by atoms with van der Waals surface area (Å²) in [4.78, 5) is 15.9. The van der Waals surface area contributed by atoms with Gasteiger partial charge in [-0.15, -0.1) is 11.6 Å². The van der Waals surface area contributed by atoms with E-state index in [0.29, 0.717) is 6.54 Å². The molecule has 0 aliphatic carbocycles. The third-order valence-electron chi connectivity index (χ3n) is 5.10. The van der Waals surface area contributed by atoms with Crippen LogP contribution < -0.4 is 37.2 Å². The molecule has 0 radical (unpaired) electrons. The molecule has 4 rings (SSSR count). The molecule has 2 heterocycles. The Hall–Kier alpha value is -2.79. The van der Waals surface area contributed by atoms with Crippen molar-refractivity contribution < 1.29 is 4.79 Å². The zero-order valence-corrected chi connectivity index (χ0v) is 18.4. The molecular formula is C22H27ClN8O. The zero-order chi connectivity index (χ0) is 22.3. The summed E-state index contributed by atoms with van der Waals surface area (Å²) in [5.41, 5.74) is 2.69. The molecular weight excluding hydrogens is 428 g/mol. The van der Waals surface area contributed by atoms with E-state index >= 15 is 0 Å². The lowest BCUT2D eigenvalue weighted by Crippen LogP contribution is -2.75. The van der Waals surface area contributed by atoms with E-state index in [-0.39, 0.29) is 30.7 Å². The first-order chi connectivity index (χ1) is 15.6. The monoisotopic (exact) mass is 454 g/mol. The number of benzene rings is 2. The summed E-state index contributed by atoms with van der Waals surface area (Å²) in [6, 6.07) is 15.8. The molecule has 1 amide bonds. The molecule has 0 spiro atoms. The van der Waals surface area contributed by atoms with Crippen LogP contribution in [0, 0.1) is 0 Å². The predicted octanol–water partition coefficient (Wildman–Crippen LogP) is 1.47. The largest absolute Gasteiger partial charge is 0.356 e. The fourth-order valence-electron chi connectivity index (χ4n) is 3.57. The molecule has 3 atom stereocenters. The molecule has 1 saturated heterocycles. The summed E-state index contributed by atoms with van der Waals surface area (Å²) in [5.74, 6) is -0.301. The highest BCUT2D eigenvalue weighted by Gasteiger charge is 2.25. The highest BCUT2D eigenvalue weighted by Crippen LogP contribution is 2.22. The standard InChI is InChI=1S/C22H27ClN8O/c1-24-20-29-21(26-11-14-5-4-7-16(9-14)27-19(32)10-23)31-22(30-20)28-18-13-25-12-15-6-2-3-8-17(15)18/h2-9,12-13,20-22,24,26,28-31H,10-11H2,1H3,(H,27,32). The van der Waals surface area contributed by atoms with Gasteiger partial charge in [-0.05, 0) is 24.7 Å². The minimum Gasteiger partial charge on any atom is -0.356 e. The molecule has 1 aliphatic heterocycles. The van der Waals surface area contributed by atoms with Crippen LogP contribution in [0.5, 0.6) is 0 Å². The van der Waals surface area contributed by atoms with Crippen LogP contribution in [0.3, 0.4) is 0 Å². The highest BCUT2D eigenvalue weighted by molar-refractivity contribution is 6.29. The molecule has 0 bridgehead atoms. The third kappa shape index (κ3) is 5.71. The van der Waals surface area contributed by atoms with Crippen LogP contribution in [0.25, 0.3) is 10.8 Å². The molecule has 2 aromatic carbocycles. The number of alkyl halides is 1. The average molecular weight is 455 g/mol. The van der Waals surface area contributed by atoms with Gasteiger partial charge in [-0.3, -0.25) is 36.4 Å². The van der Waals surface area contributed by atoms with Crippen molar-refractivity contribution in [3.05, 3.63) is 66.5 Å². The normalized spacial score (nSPS) is 20.8. The summed E-state index contributed by atoms with van der Waals surface area (Å²) in [5, 5.41) is 25.4. The van der Waals surface area contributed by atoms with Gasteiger partial charge in [0.2, 0.25) is 5.91 Å². The molecule has 3 aromatic rings. The van der Waals surface area contributed by atoms with E-state index in [4.69, 9.17) is 11.6 Å². The number of nitrogens with zero attached hydrogens (tertiary/aromatic N) is 1. The molecule has 3 unspecified atom stereocenters. The van der Waals surface area contributed by atoms with Crippen molar-refractivity contribution in [2.24, 2.45) is 0 Å². The Morgan fingerprint density at radius 1 is 1.03 bits per heavy atom. The molecule has 9 nitrogen and oxygen atoms in total. The van der Waals surface area contributed by atoms with E-state index in [2.05, 4.69) is 48.3 Å². The van der Waals surface area contributed by atoms with Crippen molar-refractivity contribution in [1.82, 2.24) is 31.6 Å². The second-order valence-corrected chi connectivity index (χ2v) is 7.67. The first kappa shape index (κ1) is 22.4. The molecule has 32 heavy (non-hydrogen) atoms. The van der Waals surface area contributed by atoms with Crippen molar-refractivity contribution in [2.45, 2.75) is 25.4 Å². The Bertz CT molecular complexity index is 1060. The van der Waals surface area contributed by atoms with Crippen LogP contribution in [-0.4, -0.2) is 42.7 Å². The Morgan fingerprint density at radius 3 is 2.69 bits per heavy atom. The van der Waals surface area contributed by atoms with Gasteiger partial charge >= 0.3 is 0 Å². The van der Waals surface area contributed by atoms with E-state index < -0.39 is 0 Å². The lowest BCUT2D eigenvalue weighted by Gasteiger charge is -2.39. The minimum atomic E-state index is -0.229. The number of fused-ring (bicyclic) bond motifs is 1. The number of hydrogen-bond acceptors (Lipinski definition) is 8. The van der Waals surface area contributed by atoms with E-state index in [0.717, 1.165) is 27.7 Å². The second kappa shape index (κ2) is 10.7. The molecule has 1 fully saturated rings. The van der Waals surface area contributed by atoms with Gasteiger partial charge in [-0.25, -0.2) is 0 Å². The van der Waals surface area contributed by atoms with Gasteiger partial charge in [0.15, 0.2) is 0 Å². The second-order valence-electron chi connectivity index (χ2n) is 7.40. The quantitative estimate of drug-likeness (QED) is 0.256. The summed E-state index contributed by atoms with van der Waals surface area (Å²) in [6.45, 7) is 0.591. The Kier molecular flexibility index (Phi) is 7.48. The van der Waals surface area contributed by atoms with Crippen LogP contribution in [-0.2, 0) is 11.3 Å². The van der Waals surface area contributed by atoms with Crippen molar-refractivity contribution in [3.8, 4) is 0 Å². The van der Waals surface area contributed by atoms with Crippen molar-refractivity contribution >= 4 is 39.7 Å². The van der Waals surface area contributed by atoms with Crippen LogP contribution in [0.2, 0.25) is 0 Å². The van der Waals surface area contributed by atoms with E-state index in [1.54, 1.807) is 0 Å². The number of carbonyl (C=O) groups excluding carboxylic acids is 1. The van der Waals surface area contributed by atoms with Crippen LogP contribution in [0.4, 0.5) is 11.4 Å². The van der Waals surface area contributed by atoms with Crippen LogP contribution in [0.15, 0.2) is 60.9 Å². The van der Waals surface area contributed by atoms with Crippen molar-refractivity contribution in [1.29, 1.82) is 0 Å². The van der Waals surface area contributed by atoms with E-state index in [1.807, 2.05) is 61.9 Å². The van der Waals surface area contributed by atoms with Gasteiger partial charge in [-0.2, -0.15) is 0 Å². The van der Waals surface area contributed by atoms with Gasteiger partial charge < -0.3 is 10.6 Å². The number of amides is 1. The van der Waals surface area contributed by atoms with Crippen molar-refractivity contribution in [2.75, 3.05) is 23.6 Å². The van der Waals surface area contributed by atoms with E-state index in [9.17, 15) is 4.79 Å². The van der Waals surface area contributed by atoms with Gasteiger partial charge in [0.1, 0.15) is 24.7 Å². The Balaban J connectivity index is 1.40. The Labute approximate surface area is 191 Å². The topological polar surface area (TPSA) is 114 Å². The fourth-order valence-corrected chi connectivity index (χ4v) is 3.64. The molecule has 10 heteroatoms. The predicted molar refractivity (Wildman–Crippen MR) is 128 cm³/mol. The summed E-state index contributed by atoms with van der Waals surface area (Å²) < 4.78 is 0. The lowest BCUT2D eigenvalue weighted by molar-refractivity contribution is -0.113. The number of rotatable bonds is 8. The summed E-state index contributed by atoms with van der Waals surface area (Å²) in [6.07, 6.45) is 3.16. The number of halogens is 1. The van der Waals surface area contributed by atoms with Crippen molar-refractivity contribution in [3.63, 3.8) is 0 Å². The van der Waals surface area contributed by atoms with Crippen LogP contribution in [0.1, 0.15) is 5.56 Å². The number of carbonyl (C=O) groups is 1. The molecule has 1 aromatic heterocycles. The number of nitrogens with one attached hydrogen (secondary N) is 7. The maximum Gasteiger partial charge on any atom is 0.239 e. The molecule has 0 saturated carbocycles. The molecule has 1 aliphatic rings. The van der Waals surface area contributed by atoms with Gasteiger partial charge in [0.05, 0.1) is 11.9 Å². The Morgan fingerprint density at radius 2 is 1.84 bits per heavy atom. The maximum absolute atomic E-state index is 11.5. The SMILES string of the molecule is CNC1NC(NCc2cccc(NC(=O)CCl)c2)NC(Nc2cncc3ccccc23)N1. The number of aromatic nitrogens is 1. The molecule has 168 valence electrons. The van der Waals surface area contributed by atoms with Gasteiger partial charge in [-0.1, -0.05) is 36.4 Å². The average Bonchev–Trinajstić information content (AvgIpc) is 2.83. The fraction of sp³-hybridized carbons (Fsp3) is 0.273.